The average molecular weight is 499 g/mol. The number of benzene rings is 2. The second-order valence-electron chi connectivity index (χ2n) is 6.03. The zero-order chi connectivity index (χ0) is 19.1. The smallest absolute Gasteiger partial charge is 0.196 e. The van der Waals surface area contributed by atoms with Crippen molar-refractivity contribution in [3.63, 3.8) is 0 Å². The van der Waals surface area contributed by atoms with Crippen molar-refractivity contribution in [3.05, 3.63) is 42.0 Å². The van der Waals surface area contributed by atoms with E-state index in [9.17, 15) is 5.11 Å². The van der Waals surface area contributed by atoms with Gasteiger partial charge in [-0.15, -0.1) is 24.0 Å². The second-order valence-corrected chi connectivity index (χ2v) is 6.03. The van der Waals surface area contributed by atoms with E-state index in [1.165, 1.54) is 0 Å². The number of hydrogen-bond donors (Lipinski definition) is 3. The molecule has 1 aliphatic heterocycles. The van der Waals surface area contributed by atoms with Gasteiger partial charge in [0, 0.05) is 30.3 Å². The fraction of sp³-hybridized carbons (Fsp3) is 0.350. The number of aliphatic imine (C=N–C) groups is 1. The summed E-state index contributed by atoms with van der Waals surface area (Å²) in [6.45, 7) is 4.31. The molecule has 0 saturated carbocycles. The molecule has 3 N–H and O–H groups in total. The Bertz CT molecular complexity index is 814. The van der Waals surface area contributed by atoms with E-state index in [0.29, 0.717) is 43.6 Å². The van der Waals surface area contributed by atoms with Crippen molar-refractivity contribution in [2.45, 2.75) is 19.9 Å². The Morgan fingerprint density at radius 1 is 1.14 bits per heavy atom. The molecule has 2 aromatic rings. The number of fused-ring (bicyclic) bond motifs is 1. The van der Waals surface area contributed by atoms with Crippen molar-refractivity contribution in [1.82, 2.24) is 5.32 Å². The standard InChI is InChI=1S/C20H25N3O4.HI/c1-3-21-20(22-13-14-11-16(25-2)6-7-17(14)24)23-15-5-8-18-19(12-15)27-10-4-9-26-18;/h5-8,11-12,24H,3-4,9-10,13H2,1-2H3,(H2,21,22,23);1H. The normalized spacial score (nSPS) is 13.1. The van der Waals surface area contributed by atoms with Gasteiger partial charge in [-0.3, -0.25) is 0 Å². The van der Waals surface area contributed by atoms with E-state index >= 15 is 0 Å². The third kappa shape index (κ3) is 5.82. The summed E-state index contributed by atoms with van der Waals surface area (Å²) in [6.07, 6.45) is 0.867. The van der Waals surface area contributed by atoms with Crippen LogP contribution < -0.4 is 24.8 Å². The topological polar surface area (TPSA) is 84.3 Å². The number of halogens is 1. The Kier molecular flexibility index (Phi) is 8.49. The first kappa shape index (κ1) is 21.9. The van der Waals surface area contributed by atoms with Gasteiger partial charge in [-0.05, 0) is 37.3 Å². The highest BCUT2D eigenvalue weighted by molar-refractivity contribution is 14.0. The van der Waals surface area contributed by atoms with Gasteiger partial charge in [0.2, 0.25) is 0 Å². The van der Waals surface area contributed by atoms with Gasteiger partial charge >= 0.3 is 0 Å². The third-order valence-electron chi connectivity index (χ3n) is 4.05. The summed E-state index contributed by atoms with van der Waals surface area (Å²) in [7, 11) is 1.59. The molecule has 0 atom stereocenters. The SMILES string of the molecule is CCNC(=NCc1cc(OC)ccc1O)Nc1ccc2c(c1)OCCCO2.I. The van der Waals surface area contributed by atoms with Gasteiger partial charge in [-0.2, -0.15) is 0 Å². The zero-order valence-electron chi connectivity index (χ0n) is 16.0. The van der Waals surface area contributed by atoms with Crippen LogP contribution in [0.1, 0.15) is 18.9 Å². The van der Waals surface area contributed by atoms with Gasteiger partial charge < -0.3 is 30.0 Å². The second kappa shape index (κ2) is 10.8. The number of guanidine groups is 1. The number of phenolic OH excluding ortho intramolecular Hbond substituents is 1. The molecule has 3 rings (SSSR count). The molecule has 0 bridgehead atoms. The minimum atomic E-state index is 0. The average Bonchev–Trinajstić information content (AvgIpc) is 2.92. The quantitative estimate of drug-likeness (QED) is 0.330. The van der Waals surface area contributed by atoms with Crippen LogP contribution in [-0.2, 0) is 6.54 Å². The Hall–Kier alpha value is -2.36. The van der Waals surface area contributed by atoms with Crippen LogP contribution in [0.3, 0.4) is 0 Å². The lowest BCUT2D eigenvalue weighted by molar-refractivity contribution is 0.297. The summed E-state index contributed by atoms with van der Waals surface area (Å²) < 4.78 is 16.6. The number of phenols is 1. The molecule has 0 spiro atoms. The Morgan fingerprint density at radius 2 is 1.93 bits per heavy atom. The molecule has 0 radical (unpaired) electrons. The first-order valence-corrected chi connectivity index (χ1v) is 9.00. The first-order chi connectivity index (χ1) is 13.2. The molecule has 2 aromatic carbocycles. The maximum absolute atomic E-state index is 10.0. The fourth-order valence-electron chi connectivity index (χ4n) is 2.66. The highest BCUT2D eigenvalue weighted by atomic mass is 127. The Labute approximate surface area is 182 Å². The van der Waals surface area contributed by atoms with Gasteiger partial charge in [0.25, 0.3) is 0 Å². The lowest BCUT2D eigenvalue weighted by Gasteiger charge is -2.14. The largest absolute Gasteiger partial charge is 0.508 e. The molecule has 8 heteroatoms. The fourth-order valence-corrected chi connectivity index (χ4v) is 2.66. The van der Waals surface area contributed by atoms with Crippen LogP contribution in [0.5, 0.6) is 23.0 Å². The lowest BCUT2D eigenvalue weighted by atomic mass is 10.2. The van der Waals surface area contributed by atoms with Crippen molar-refractivity contribution in [1.29, 1.82) is 0 Å². The molecule has 0 aromatic heterocycles. The van der Waals surface area contributed by atoms with E-state index in [0.717, 1.165) is 23.6 Å². The molecule has 0 amide bonds. The summed E-state index contributed by atoms with van der Waals surface area (Å²) in [5.74, 6) is 2.94. The molecule has 0 fully saturated rings. The van der Waals surface area contributed by atoms with Crippen molar-refractivity contribution >= 4 is 35.6 Å². The summed E-state index contributed by atoms with van der Waals surface area (Å²) in [5, 5.41) is 16.5. The summed E-state index contributed by atoms with van der Waals surface area (Å²) in [4.78, 5) is 4.55. The first-order valence-electron chi connectivity index (χ1n) is 9.00. The number of ether oxygens (including phenoxy) is 3. The van der Waals surface area contributed by atoms with E-state index in [-0.39, 0.29) is 29.7 Å². The van der Waals surface area contributed by atoms with Crippen LogP contribution in [0, 0.1) is 0 Å². The number of nitrogens with zero attached hydrogens (tertiary/aromatic N) is 1. The van der Waals surface area contributed by atoms with Crippen LogP contribution in [0.25, 0.3) is 0 Å². The summed E-state index contributed by atoms with van der Waals surface area (Å²) >= 11 is 0. The van der Waals surface area contributed by atoms with Crippen molar-refractivity contribution in [2.24, 2.45) is 4.99 Å². The number of rotatable bonds is 5. The van der Waals surface area contributed by atoms with E-state index in [1.54, 1.807) is 25.3 Å². The molecule has 1 heterocycles. The predicted octanol–water partition coefficient (Wildman–Crippen LogP) is 3.76. The summed E-state index contributed by atoms with van der Waals surface area (Å²) in [6, 6.07) is 10.8. The number of aromatic hydroxyl groups is 1. The van der Waals surface area contributed by atoms with E-state index < -0.39 is 0 Å². The number of hydrogen-bond acceptors (Lipinski definition) is 5. The Morgan fingerprint density at radius 3 is 2.68 bits per heavy atom. The molecular formula is C20H26IN3O4. The van der Waals surface area contributed by atoms with Gasteiger partial charge in [-0.25, -0.2) is 4.99 Å². The summed E-state index contributed by atoms with van der Waals surface area (Å²) in [5.41, 5.74) is 1.53. The van der Waals surface area contributed by atoms with Crippen LogP contribution in [0.4, 0.5) is 5.69 Å². The van der Waals surface area contributed by atoms with Crippen LogP contribution in [0.2, 0.25) is 0 Å². The molecule has 1 aliphatic rings. The molecule has 0 saturated heterocycles. The van der Waals surface area contributed by atoms with E-state index in [1.807, 2.05) is 25.1 Å². The monoisotopic (exact) mass is 499 g/mol. The van der Waals surface area contributed by atoms with Crippen molar-refractivity contribution < 1.29 is 19.3 Å². The predicted molar refractivity (Wildman–Crippen MR) is 121 cm³/mol. The highest BCUT2D eigenvalue weighted by Crippen LogP contribution is 2.32. The lowest BCUT2D eigenvalue weighted by Crippen LogP contribution is -2.30. The molecule has 0 unspecified atom stereocenters. The molecule has 0 aliphatic carbocycles. The highest BCUT2D eigenvalue weighted by Gasteiger charge is 2.11. The number of anilines is 1. The van der Waals surface area contributed by atoms with E-state index in [2.05, 4.69) is 15.6 Å². The zero-order valence-corrected chi connectivity index (χ0v) is 18.4. The van der Waals surface area contributed by atoms with Crippen LogP contribution >= 0.6 is 24.0 Å². The van der Waals surface area contributed by atoms with Gasteiger partial charge in [0.05, 0.1) is 26.9 Å². The maximum Gasteiger partial charge on any atom is 0.196 e. The minimum Gasteiger partial charge on any atom is -0.508 e. The minimum absolute atomic E-state index is 0. The maximum atomic E-state index is 10.0. The van der Waals surface area contributed by atoms with Crippen molar-refractivity contribution in [3.8, 4) is 23.0 Å². The molecular weight excluding hydrogens is 473 g/mol. The van der Waals surface area contributed by atoms with Crippen LogP contribution in [0.15, 0.2) is 41.4 Å². The molecule has 7 nitrogen and oxygen atoms in total. The van der Waals surface area contributed by atoms with Crippen molar-refractivity contribution in [2.75, 3.05) is 32.2 Å². The Balaban J connectivity index is 0.00000280. The number of methoxy groups -OCH3 is 1. The van der Waals surface area contributed by atoms with Gasteiger partial charge in [0.15, 0.2) is 17.5 Å². The van der Waals surface area contributed by atoms with E-state index in [4.69, 9.17) is 14.2 Å². The van der Waals surface area contributed by atoms with Gasteiger partial charge in [-0.1, -0.05) is 0 Å². The third-order valence-corrected chi connectivity index (χ3v) is 4.05. The van der Waals surface area contributed by atoms with Crippen LogP contribution in [-0.4, -0.2) is 37.9 Å². The molecule has 152 valence electrons. The number of nitrogens with one attached hydrogen (secondary N) is 2. The van der Waals surface area contributed by atoms with Gasteiger partial charge in [0.1, 0.15) is 11.5 Å². The molecule has 28 heavy (non-hydrogen) atoms.